The molecule has 12 heteroatoms. The van der Waals surface area contributed by atoms with Crippen molar-refractivity contribution in [3.63, 3.8) is 0 Å². The van der Waals surface area contributed by atoms with Crippen molar-refractivity contribution in [1.82, 2.24) is 9.88 Å². The van der Waals surface area contributed by atoms with E-state index in [2.05, 4.69) is 4.98 Å². The first-order valence-electron chi connectivity index (χ1n) is 8.76. The molecule has 1 aromatic carbocycles. The molecule has 2 aliphatic rings. The molecular weight excluding hydrogens is 455 g/mol. The van der Waals surface area contributed by atoms with Gasteiger partial charge in [-0.3, -0.25) is 9.78 Å². The van der Waals surface area contributed by atoms with Crippen LogP contribution in [0.2, 0.25) is 0 Å². The molecular formula is C19H15N2NaO7S2. The molecule has 4 rings (SSSR count). The van der Waals surface area contributed by atoms with Gasteiger partial charge in [0.25, 0.3) is 5.91 Å². The smallest absolute Gasteiger partial charge is 0.548 e. The summed E-state index contributed by atoms with van der Waals surface area (Å²) < 4.78 is 49.4. The van der Waals surface area contributed by atoms with Crippen LogP contribution in [0.15, 0.2) is 65.2 Å². The maximum Gasteiger partial charge on any atom is 1.00 e. The van der Waals surface area contributed by atoms with Gasteiger partial charge in [0.05, 0.1) is 27.9 Å². The molecule has 156 valence electrons. The molecule has 0 aliphatic carbocycles. The van der Waals surface area contributed by atoms with Gasteiger partial charge in [-0.15, -0.1) is 0 Å². The molecule has 0 radical (unpaired) electrons. The monoisotopic (exact) mass is 470 g/mol. The third-order valence-corrected chi connectivity index (χ3v) is 9.82. The third-order valence-electron chi connectivity index (χ3n) is 5.19. The van der Waals surface area contributed by atoms with E-state index in [-0.39, 0.29) is 40.0 Å². The Bertz CT molecular complexity index is 1280. The van der Waals surface area contributed by atoms with Gasteiger partial charge in [0.1, 0.15) is 4.75 Å². The molecule has 2 saturated heterocycles. The SMILES string of the molecule is O=C1C(=Cc2ccccn2)[C@@H]2N1CC(C(=O)[O-])(S(=O)(=O)c1ccccc1)CS2(=O)=O.[Na+]. The van der Waals surface area contributed by atoms with Crippen molar-refractivity contribution in [2.24, 2.45) is 0 Å². The summed E-state index contributed by atoms with van der Waals surface area (Å²) in [6.45, 7) is -0.825. The van der Waals surface area contributed by atoms with Gasteiger partial charge in [0, 0.05) is 12.7 Å². The topological polar surface area (TPSA) is 142 Å². The number of fused-ring (bicyclic) bond motifs is 1. The van der Waals surface area contributed by atoms with Crippen LogP contribution in [0.3, 0.4) is 0 Å². The summed E-state index contributed by atoms with van der Waals surface area (Å²) in [5, 5.41) is 10.6. The zero-order chi connectivity index (χ0) is 21.7. The Balaban J connectivity index is 0.00000272. The van der Waals surface area contributed by atoms with E-state index in [0.717, 1.165) is 4.90 Å². The van der Waals surface area contributed by atoms with Crippen LogP contribution in [0.1, 0.15) is 5.69 Å². The molecule has 2 atom stereocenters. The number of β-lactam (4-membered cyclic amide) rings is 1. The Labute approximate surface area is 200 Å². The van der Waals surface area contributed by atoms with Crippen LogP contribution < -0.4 is 34.7 Å². The molecule has 2 fully saturated rings. The molecule has 2 aliphatic heterocycles. The average molecular weight is 470 g/mol. The van der Waals surface area contributed by atoms with Crippen LogP contribution in [0.5, 0.6) is 0 Å². The number of pyridine rings is 1. The largest absolute Gasteiger partial charge is 1.00 e. The number of sulfone groups is 2. The van der Waals surface area contributed by atoms with Crippen molar-refractivity contribution in [1.29, 1.82) is 0 Å². The summed E-state index contributed by atoms with van der Waals surface area (Å²) in [6.07, 6.45) is 2.77. The Kier molecular flexibility index (Phi) is 6.20. The molecule has 0 spiro atoms. The fourth-order valence-corrected chi connectivity index (χ4v) is 8.46. The van der Waals surface area contributed by atoms with Gasteiger partial charge in [-0.05, 0) is 30.3 Å². The molecule has 31 heavy (non-hydrogen) atoms. The molecule has 0 N–H and O–H groups in total. The molecule has 0 saturated carbocycles. The minimum absolute atomic E-state index is 0. The van der Waals surface area contributed by atoms with Crippen molar-refractivity contribution >= 4 is 37.6 Å². The number of benzene rings is 1. The molecule has 2 aromatic rings. The van der Waals surface area contributed by atoms with Crippen molar-refractivity contribution < 1.29 is 61.1 Å². The third kappa shape index (κ3) is 3.64. The van der Waals surface area contributed by atoms with Gasteiger partial charge in [0.2, 0.25) is 0 Å². The van der Waals surface area contributed by atoms with Crippen LogP contribution in [0.25, 0.3) is 6.08 Å². The van der Waals surface area contributed by atoms with Crippen molar-refractivity contribution in [2.45, 2.75) is 15.0 Å². The number of hydrogen-bond donors (Lipinski definition) is 0. The number of amides is 1. The first kappa shape index (κ1) is 23.6. The number of hydrogen-bond acceptors (Lipinski definition) is 8. The number of aromatic nitrogens is 1. The maximum atomic E-state index is 13.1. The number of carbonyl (C=O) groups excluding carboxylic acids is 2. The summed E-state index contributed by atoms with van der Waals surface area (Å²) in [5.74, 6) is -4.03. The minimum atomic E-state index is -4.68. The van der Waals surface area contributed by atoms with E-state index < -0.39 is 54.0 Å². The zero-order valence-corrected chi connectivity index (χ0v) is 20.0. The van der Waals surface area contributed by atoms with E-state index in [1.165, 1.54) is 42.6 Å². The minimum Gasteiger partial charge on any atom is -0.548 e. The Morgan fingerprint density at radius 2 is 1.81 bits per heavy atom. The summed E-state index contributed by atoms with van der Waals surface area (Å²) in [4.78, 5) is 29.0. The number of carboxylic acids is 1. The summed E-state index contributed by atoms with van der Waals surface area (Å²) >= 11 is 0. The first-order valence-corrected chi connectivity index (χ1v) is 12.0. The first-order chi connectivity index (χ1) is 14.1. The summed E-state index contributed by atoms with van der Waals surface area (Å²) in [7, 11) is -9.04. The number of carboxylic acid groups (broad SMARTS) is 1. The average Bonchev–Trinajstić information content (AvgIpc) is 2.72. The van der Waals surface area contributed by atoms with Crippen LogP contribution in [0.4, 0.5) is 0 Å². The van der Waals surface area contributed by atoms with Crippen LogP contribution in [0, 0.1) is 0 Å². The molecule has 3 heterocycles. The van der Waals surface area contributed by atoms with E-state index >= 15 is 0 Å². The van der Waals surface area contributed by atoms with Gasteiger partial charge in [-0.2, -0.15) is 0 Å². The summed E-state index contributed by atoms with van der Waals surface area (Å²) in [6, 6.07) is 11.5. The van der Waals surface area contributed by atoms with Crippen molar-refractivity contribution in [2.75, 3.05) is 12.3 Å². The van der Waals surface area contributed by atoms with Gasteiger partial charge in [-0.1, -0.05) is 24.3 Å². The van der Waals surface area contributed by atoms with Crippen molar-refractivity contribution in [3.8, 4) is 0 Å². The van der Waals surface area contributed by atoms with E-state index in [1.54, 1.807) is 18.2 Å². The molecule has 9 nitrogen and oxygen atoms in total. The van der Waals surface area contributed by atoms with Crippen LogP contribution >= 0.6 is 0 Å². The fourth-order valence-electron chi connectivity index (χ4n) is 3.72. The predicted octanol–water partition coefficient (Wildman–Crippen LogP) is -3.97. The normalized spacial score (nSPS) is 25.8. The zero-order valence-electron chi connectivity index (χ0n) is 16.3. The number of aliphatic carboxylic acids is 1. The second-order valence-corrected chi connectivity index (χ2v) is 11.4. The second kappa shape index (κ2) is 8.14. The second-order valence-electron chi connectivity index (χ2n) is 7.05. The van der Waals surface area contributed by atoms with Gasteiger partial charge >= 0.3 is 29.6 Å². The number of rotatable bonds is 4. The van der Waals surface area contributed by atoms with Gasteiger partial charge in [0.15, 0.2) is 25.0 Å². The standard InChI is InChI=1S/C19H16N2O7S2.Na/c22-16-15(10-13-6-4-5-9-20-13)17-21(16)11-19(18(23)24,12-29(17,25)26)30(27,28)14-7-2-1-3-8-14;/h1-10,17H,11-12H2,(H,23,24);/q;+1/p-1/t17-,19?;/m1./s1. The predicted molar refractivity (Wildman–Crippen MR) is 103 cm³/mol. The molecule has 1 unspecified atom stereocenters. The fraction of sp³-hybridized carbons (Fsp3) is 0.211. The number of carbonyl (C=O) groups is 2. The Morgan fingerprint density at radius 3 is 2.39 bits per heavy atom. The van der Waals surface area contributed by atoms with E-state index in [0.29, 0.717) is 5.69 Å². The van der Waals surface area contributed by atoms with Crippen LogP contribution in [-0.4, -0.2) is 61.0 Å². The molecule has 1 amide bonds. The van der Waals surface area contributed by atoms with Gasteiger partial charge < -0.3 is 14.8 Å². The van der Waals surface area contributed by atoms with Crippen LogP contribution in [-0.2, 0) is 29.3 Å². The molecule has 1 aromatic heterocycles. The van der Waals surface area contributed by atoms with E-state index in [9.17, 15) is 31.5 Å². The summed E-state index contributed by atoms with van der Waals surface area (Å²) in [5.41, 5.74) is 0.266. The Morgan fingerprint density at radius 1 is 1.16 bits per heavy atom. The van der Waals surface area contributed by atoms with E-state index in [1.807, 2.05) is 0 Å². The molecule has 0 bridgehead atoms. The van der Waals surface area contributed by atoms with E-state index in [4.69, 9.17) is 0 Å². The number of nitrogens with zero attached hydrogens (tertiary/aromatic N) is 2. The Hall–Kier alpha value is -2.05. The van der Waals surface area contributed by atoms with Crippen molar-refractivity contribution in [3.05, 3.63) is 66.0 Å². The quantitative estimate of drug-likeness (QED) is 0.250. The van der Waals surface area contributed by atoms with Gasteiger partial charge in [-0.25, -0.2) is 16.8 Å². The maximum absolute atomic E-state index is 13.1.